The maximum Gasteiger partial charge on any atom is 0.105 e. The molecule has 1 aromatic rings. The number of likely N-dealkylation sites (N-methyl/N-ethyl adjacent to an activating group) is 1. The molecule has 1 atom stereocenters. The summed E-state index contributed by atoms with van der Waals surface area (Å²) in [5, 5.41) is 0. The average Bonchev–Trinajstić information content (AvgIpc) is 2.50. The first kappa shape index (κ1) is 16.5. The molecule has 0 bridgehead atoms. The predicted molar refractivity (Wildman–Crippen MR) is 89.3 cm³/mol. The molecule has 1 aromatic carbocycles. The second-order valence-electron chi connectivity index (χ2n) is 6.77. The summed E-state index contributed by atoms with van der Waals surface area (Å²) in [6, 6.07) is 8.91. The van der Waals surface area contributed by atoms with Gasteiger partial charge in [-0.1, -0.05) is 56.9 Å². The molecule has 0 saturated carbocycles. The van der Waals surface area contributed by atoms with Crippen LogP contribution in [0.4, 0.5) is 0 Å². The highest BCUT2D eigenvalue weighted by Crippen LogP contribution is 2.23. The number of hydrogen-bond donors (Lipinski definition) is 0. The predicted octanol–water partition coefficient (Wildman–Crippen LogP) is 4.18. The van der Waals surface area contributed by atoms with E-state index in [9.17, 15) is 0 Å². The zero-order valence-electron chi connectivity index (χ0n) is 13.9. The third-order valence-corrected chi connectivity index (χ3v) is 4.76. The highest BCUT2D eigenvalue weighted by atomic mass is 16.5. The standard InChI is InChI=1S/C19H32NO/c1-3-4-5-6-9-15-21-16-14-20(2)13-12-18-10-7-8-11-19(18)17-20/h7-8,10-11H,3-6,9,12-17H2,1-2H3/q+1. The molecule has 2 nitrogen and oxygen atoms in total. The van der Waals surface area contributed by atoms with E-state index in [1.54, 1.807) is 5.56 Å². The van der Waals surface area contributed by atoms with Crippen LogP contribution < -0.4 is 0 Å². The zero-order chi connectivity index (χ0) is 15.0. The van der Waals surface area contributed by atoms with Crippen LogP contribution in [0.15, 0.2) is 24.3 Å². The number of nitrogens with zero attached hydrogens (tertiary/aromatic N) is 1. The van der Waals surface area contributed by atoms with Crippen molar-refractivity contribution in [1.29, 1.82) is 0 Å². The van der Waals surface area contributed by atoms with Gasteiger partial charge in [0.2, 0.25) is 0 Å². The molecule has 0 fully saturated rings. The van der Waals surface area contributed by atoms with Gasteiger partial charge in [-0.05, 0) is 12.0 Å². The van der Waals surface area contributed by atoms with Gasteiger partial charge in [0.15, 0.2) is 0 Å². The van der Waals surface area contributed by atoms with Gasteiger partial charge < -0.3 is 9.22 Å². The Labute approximate surface area is 130 Å². The summed E-state index contributed by atoms with van der Waals surface area (Å²) in [5.74, 6) is 0. The van der Waals surface area contributed by atoms with Gasteiger partial charge in [-0.25, -0.2) is 0 Å². The number of rotatable bonds is 9. The SMILES string of the molecule is CCCCCCCOCC[N+]1(C)CCc2ccccc2C1. The second kappa shape index (κ2) is 8.55. The fourth-order valence-electron chi connectivity index (χ4n) is 3.22. The topological polar surface area (TPSA) is 9.23 Å². The van der Waals surface area contributed by atoms with Crippen molar-refractivity contribution in [2.24, 2.45) is 0 Å². The molecule has 0 saturated heterocycles. The minimum absolute atomic E-state index is 0.909. The summed E-state index contributed by atoms with van der Waals surface area (Å²) in [6.45, 7) is 7.67. The van der Waals surface area contributed by atoms with Gasteiger partial charge in [-0.2, -0.15) is 0 Å². The third-order valence-electron chi connectivity index (χ3n) is 4.76. The van der Waals surface area contributed by atoms with E-state index < -0.39 is 0 Å². The van der Waals surface area contributed by atoms with Crippen LogP contribution in [0.5, 0.6) is 0 Å². The van der Waals surface area contributed by atoms with Crippen molar-refractivity contribution in [2.45, 2.75) is 52.0 Å². The van der Waals surface area contributed by atoms with Crippen LogP contribution in [-0.4, -0.2) is 37.8 Å². The van der Waals surface area contributed by atoms with Gasteiger partial charge in [-0.3, -0.25) is 0 Å². The molecular weight excluding hydrogens is 258 g/mol. The van der Waals surface area contributed by atoms with E-state index in [1.165, 1.54) is 50.6 Å². The van der Waals surface area contributed by atoms with Crippen molar-refractivity contribution < 1.29 is 9.22 Å². The smallest absolute Gasteiger partial charge is 0.105 e. The van der Waals surface area contributed by atoms with Crippen LogP contribution in [-0.2, 0) is 17.7 Å². The molecular formula is C19H32NO+. The first-order valence-electron chi connectivity index (χ1n) is 8.71. The minimum atomic E-state index is 0.909. The van der Waals surface area contributed by atoms with Crippen molar-refractivity contribution in [3.63, 3.8) is 0 Å². The molecule has 0 radical (unpaired) electrons. The Morgan fingerprint density at radius 3 is 2.57 bits per heavy atom. The molecule has 0 aromatic heterocycles. The monoisotopic (exact) mass is 290 g/mol. The van der Waals surface area contributed by atoms with Crippen molar-refractivity contribution >= 4 is 0 Å². The number of quaternary nitrogens is 1. The molecule has 1 heterocycles. The number of benzene rings is 1. The first-order valence-corrected chi connectivity index (χ1v) is 8.71. The summed E-state index contributed by atoms with van der Waals surface area (Å²) in [6.07, 6.45) is 7.82. The van der Waals surface area contributed by atoms with Crippen LogP contribution in [0.2, 0.25) is 0 Å². The lowest BCUT2D eigenvalue weighted by Gasteiger charge is -2.38. The van der Waals surface area contributed by atoms with Gasteiger partial charge in [0.05, 0.1) is 20.2 Å². The Bertz CT molecular complexity index is 418. The summed E-state index contributed by atoms with van der Waals surface area (Å²) >= 11 is 0. The van der Waals surface area contributed by atoms with Crippen LogP contribution >= 0.6 is 0 Å². The third kappa shape index (κ3) is 5.44. The van der Waals surface area contributed by atoms with Gasteiger partial charge in [0.25, 0.3) is 0 Å². The van der Waals surface area contributed by atoms with Gasteiger partial charge in [-0.15, -0.1) is 0 Å². The lowest BCUT2D eigenvalue weighted by atomic mass is 9.98. The lowest BCUT2D eigenvalue weighted by molar-refractivity contribution is -0.924. The lowest BCUT2D eigenvalue weighted by Crippen LogP contribution is -2.49. The number of fused-ring (bicyclic) bond motifs is 1. The summed E-state index contributed by atoms with van der Waals surface area (Å²) < 4.78 is 6.99. The minimum Gasteiger partial charge on any atom is -0.376 e. The molecule has 1 unspecified atom stereocenters. The molecule has 0 N–H and O–H groups in total. The Morgan fingerprint density at radius 2 is 1.76 bits per heavy atom. The number of hydrogen-bond acceptors (Lipinski definition) is 1. The maximum absolute atomic E-state index is 5.85. The van der Waals surface area contributed by atoms with E-state index in [0.717, 1.165) is 30.8 Å². The number of unbranched alkanes of at least 4 members (excludes halogenated alkanes) is 4. The quantitative estimate of drug-likeness (QED) is 0.490. The Hall–Kier alpha value is -0.860. The fraction of sp³-hybridized carbons (Fsp3) is 0.684. The molecule has 0 amide bonds. The molecule has 0 spiro atoms. The average molecular weight is 290 g/mol. The van der Waals surface area contributed by atoms with E-state index >= 15 is 0 Å². The van der Waals surface area contributed by atoms with Crippen LogP contribution in [0.25, 0.3) is 0 Å². The number of ether oxygens (including phenoxy) is 1. The van der Waals surface area contributed by atoms with Crippen LogP contribution in [0.1, 0.15) is 50.2 Å². The van der Waals surface area contributed by atoms with Crippen molar-refractivity contribution in [2.75, 3.05) is 33.4 Å². The van der Waals surface area contributed by atoms with Crippen LogP contribution in [0.3, 0.4) is 0 Å². The van der Waals surface area contributed by atoms with Gasteiger partial charge in [0, 0.05) is 18.6 Å². The highest BCUT2D eigenvalue weighted by molar-refractivity contribution is 5.27. The van der Waals surface area contributed by atoms with Gasteiger partial charge in [0.1, 0.15) is 13.1 Å². The molecule has 118 valence electrons. The maximum atomic E-state index is 5.85. The second-order valence-corrected chi connectivity index (χ2v) is 6.77. The van der Waals surface area contributed by atoms with E-state index in [-0.39, 0.29) is 0 Å². The van der Waals surface area contributed by atoms with Crippen molar-refractivity contribution in [1.82, 2.24) is 0 Å². The van der Waals surface area contributed by atoms with E-state index in [1.807, 2.05) is 0 Å². The van der Waals surface area contributed by atoms with E-state index in [2.05, 4.69) is 38.2 Å². The Morgan fingerprint density at radius 1 is 1.00 bits per heavy atom. The summed E-state index contributed by atoms with van der Waals surface area (Å²) in [7, 11) is 2.38. The highest BCUT2D eigenvalue weighted by Gasteiger charge is 2.27. The molecule has 1 aliphatic heterocycles. The summed E-state index contributed by atoms with van der Waals surface area (Å²) in [4.78, 5) is 0. The molecule has 2 rings (SSSR count). The zero-order valence-corrected chi connectivity index (χ0v) is 13.9. The van der Waals surface area contributed by atoms with E-state index in [4.69, 9.17) is 4.74 Å². The van der Waals surface area contributed by atoms with Crippen molar-refractivity contribution in [3.8, 4) is 0 Å². The van der Waals surface area contributed by atoms with Crippen LogP contribution in [0, 0.1) is 0 Å². The fourth-order valence-corrected chi connectivity index (χ4v) is 3.22. The molecule has 1 aliphatic rings. The summed E-state index contributed by atoms with van der Waals surface area (Å²) in [5.41, 5.74) is 3.08. The molecule has 21 heavy (non-hydrogen) atoms. The van der Waals surface area contributed by atoms with Crippen molar-refractivity contribution in [3.05, 3.63) is 35.4 Å². The largest absolute Gasteiger partial charge is 0.376 e. The first-order chi connectivity index (χ1) is 10.2. The Kier molecular flexibility index (Phi) is 6.72. The van der Waals surface area contributed by atoms with Gasteiger partial charge >= 0.3 is 0 Å². The normalized spacial score (nSPS) is 21.2. The van der Waals surface area contributed by atoms with E-state index in [0.29, 0.717) is 0 Å². The Balaban J connectivity index is 1.63. The molecule has 0 aliphatic carbocycles. The molecule has 2 heteroatoms.